The average Bonchev–Trinajstić information content (AvgIpc) is 2.60. The molecule has 1 heterocycles. The summed E-state index contributed by atoms with van der Waals surface area (Å²) < 4.78 is 13.3. The van der Waals surface area contributed by atoms with Gasteiger partial charge < -0.3 is 5.32 Å². The van der Waals surface area contributed by atoms with Crippen molar-refractivity contribution in [3.63, 3.8) is 0 Å². The number of nitrogens with one attached hydrogen (secondary N) is 1. The van der Waals surface area contributed by atoms with Crippen LogP contribution in [-0.4, -0.2) is 19.0 Å². The summed E-state index contributed by atoms with van der Waals surface area (Å²) in [7, 11) is 0. The van der Waals surface area contributed by atoms with E-state index in [1.165, 1.54) is 17.0 Å². The van der Waals surface area contributed by atoms with Crippen LogP contribution in [0.3, 0.4) is 0 Å². The number of halogens is 1. The average molecular weight is 247 g/mol. The van der Waals surface area contributed by atoms with Gasteiger partial charge in [-0.1, -0.05) is 6.92 Å². The normalized spacial score (nSPS) is 17.7. The minimum atomic E-state index is -0.538. The molecule has 0 fully saturated rings. The highest BCUT2D eigenvalue weighted by molar-refractivity contribution is 6.04. The summed E-state index contributed by atoms with van der Waals surface area (Å²) in [6.07, 6.45) is 0.882. The first-order valence-corrected chi connectivity index (χ1v) is 5.90. The van der Waals surface area contributed by atoms with Crippen LogP contribution in [0.1, 0.15) is 24.9 Å². The molecule has 1 aromatic rings. The van der Waals surface area contributed by atoms with Crippen molar-refractivity contribution in [3.8, 4) is 6.07 Å². The van der Waals surface area contributed by atoms with E-state index in [1.807, 2.05) is 13.0 Å². The van der Waals surface area contributed by atoms with Gasteiger partial charge in [-0.3, -0.25) is 9.69 Å². The zero-order chi connectivity index (χ0) is 13.1. The second-order valence-electron chi connectivity index (χ2n) is 4.17. The van der Waals surface area contributed by atoms with Crippen LogP contribution in [0.4, 0.5) is 10.1 Å². The molecular formula is C13H14FN3O. The number of carbonyl (C=O) groups is 1. The standard InChI is InChI=1S/C13H14FN3O/c1-2-6-16-12-10-8-9(14)3-4-11(10)17(7-5-15)13(12)18/h3-4,8,12,16H,2,6-7H2,1H3. The van der Waals surface area contributed by atoms with Crippen LogP contribution in [0.5, 0.6) is 0 Å². The summed E-state index contributed by atoms with van der Waals surface area (Å²) in [4.78, 5) is 13.6. The molecule has 5 heteroatoms. The number of hydrogen-bond donors (Lipinski definition) is 1. The molecule has 0 aromatic heterocycles. The van der Waals surface area contributed by atoms with Gasteiger partial charge in [-0.05, 0) is 31.2 Å². The Labute approximate surface area is 105 Å². The van der Waals surface area contributed by atoms with E-state index in [0.29, 0.717) is 17.8 Å². The zero-order valence-electron chi connectivity index (χ0n) is 10.1. The fraction of sp³-hybridized carbons (Fsp3) is 0.385. The lowest BCUT2D eigenvalue weighted by atomic mass is 10.1. The Kier molecular flexibility index (Phi) is 3.58. The summed E-state index contributed by atoms with van der Waals surface area (Å²) in [5, 5.41) is 11.8. The summed E-state index contributed by atoms with van der Waals surface area (Å²) in [5.41, 5.74) is 1.24. The lowest BCUT2D eigenvalue weighted by molar-refractivity contribution is -0.119. The molecule has 18 heavy (non-hydrogen) atoms. The van der Waals surface area contributed by atoms with Crippen molar-refractivity contribution >= 4 is 11.6 Å². The molecule has 1 unspecified atom stereocenters. The summed E-state index contributed by atoms with van der Waals surface area (Å²) in [6.45, 7) is 2.65. The third-order valence-corrected chi connectivity index (χ3v) is 2.93. The molecule has 0 spiro atoms. The van der Waals surface area contributed by atoms with Crippen LogP contribution in [0, 0.1) is 17.1 Å². The summed E-state index contributed by atoms with van der Waals surface area (Å²) >= 11 is 0. The minimum absolute atomic E-state index is 0.0121. The first-order chi connectivity index (χ1) is 8.69. The van der Waals surface area contributed by atoms with Crippen LogP contribution >= 0.6 is 0 Å². The Bertz CT molecular complexity index is 509. The molecule has 1 amide bonds. The summed E-state index contributed by atoms with van der Waals surface area (Å²) in [5.74, 6) is -0.561. The zero-order valence-corrected chi connectivity index (χ0v) is 10.1. The van der Waals surface area contributed by atoms with Crippen molar-refractivity contribution in [3.05, 3.63) is 29.6 Å². The third-order valence-electron chi connectivity index (χ3n) is 2.93. The predicted octanol–water partition coefficient (Wildman–Crippen LogP) is 1.74. The Hall–Kier alpha value is -1.93. The molecule has 1 aliphatic rings. The highest BCUT2D eigenvalue weighted by Gasteiger charge is 2.36. The van der Waals surface area contributed by atoms with E-state index >= 15 is 0 Å². The summed E-state index contributed by atoms with van der Waals surface area (Å²) in [6, 6.07) is 5.63. The molecule has 94 valence electrons. The first kappa shape index (κ1) is 12.5. The topological polar surface area (TPSA) is 56.1 Å². The lowest BCUT2D eigenvalue weighted by Gasteiger charge is -2.14. The van der Waals surface area contributed by atoms with Gasteiger partial charge in [0.05, 0.1) is 11.8 Å². The number of nitriles is 1. The molecule has 1 atom stereocenters. The van der Waals surface area contributed by atoms with E-state index in [4.69, 9.17) is 5.26 Å². The van der Waals surface area contributed by atoms with E-state index < -0.39 is 6.04 Å². The van der Waals surface area contributed by atoms with Gasteiger partial charge >= 0.3 is 0 Å². The van der Waals surface area contributed by atoms with Gasteiger partial charge in [0, 0.05) is 5.56 Å². The Morgan fingerprint density at radius 2 is 2.33 bits per heavy atom. The van der Waals surface area contributed by atoms with Gasteiger partial charge in [0.25, 0.3) is 0 Å². The van der Waals surface area contributed by atoms with E-state index in [2.05, 4.69) is 5.32 Å². The van der Waals surface area contributed by atoms with Crippen molar-refractivity contribution in [1.29, 1.82) is 5.26 Å². The van der Waals surface area contributed by atoms with E-state index in [1.54, 1.807) is 6.07 Å². The molecule has 1 aliphatic heterocycles. The number of hydrogen-bond acceptors (Lipinski definition) is 3. The molecule has 2 rings (SSSR count). The number of carbonyl (C=O) groups excluding carboxylic acids is 1. The molecule has 1 N–H and O–H groups in total. The highest BCUT2D eigenvalue weighted by Crippen LogP contribution is 2.35. The maximum atomic E-state index is 13.3. The molecule has 0 saturated heterocycles. The van der Waals surface area contributed by atoms with E-state index in [-0.39, 0.29) is 18.3 Å². The van der Waals surface area contributed by atoms with Gasteiger partial charge in [-0.2, -0.15) is 5.26 Å². The number of benzene rings is 1. The van der Waals surface area contributed by atoms with Crippen LogP contribution in [0.2, 0.25) is 0 Å². The largest absolute Gasteiger partial charge is 0.302 e. The monoisotopic (exact) mass is 247 g/mol. The predicted molar refractivity (Wildman–Crippen MR) is 65.4 cm³/mol. The molecule has 1 aromatic carbocycles. The van der Waals surface area contributed by atoms with Crippen LogP contribution in [-0.2, 0) is 4.79 Å². The Balaban J connectivity index is 2.38. The second kappa shape index (κ2) is 5.15. The molecule has 4 nitrogen and oxygen atoms in total. The van der Waals surface area contributed by atoms with E-state index in [9.17, 15) is 9.18 Å². The second-order valence-corrected chi connectivity index (χ2v) is 4.17. The number of nitrogens with zero attached hydrogens (tertiary/aromatic N) is 2. The van der Waals surface area contributed by atoms with Crippen molar-refractivity contribution in [2.24, 2.45) is 0 Å². The number of amides is 1. The van der Waals surface area contributed by atoms with Crippen LogP contribution < -0.4 is 10.2 Å². The quantitative estimate of drug-likeness (QED) is 0.824. The maximum Gasteiger partial charge on any atom is 0.249 e. The van der Waals surface area contributed by atoms with Crippen LogP contribution in [0.15, 0.2) is 18.2 Å². The smallest absolute Gasteiger partial charge is 0.249 e. The Morgan fingerprint density at radius 1 is 1.56 bits per heavy atom. The lowest BCUT2D eigenvalue weighted by Crippen LogP contribution is -2.35. The van der Waals surface area contributed by atoms with Crippen molar-refractivity contribution < 1.29 is 9.18 Å². The van der Waals surface area contributed by atoms with E-state index in [0.717, 1.165) is 6.42 Å². The SMILES string of the molecule is CCCNC1C(=O)N(CC#N)c2ccc(F)cc21. The Morgan fingerprint density at radius 3 is 3.00 bits per heavy atom. The molecule has 0 saturated carbocycles. The number of rotatable bonds is 4. The molecule has 0 aliphatic carbocycles. The van der Waals surface area contributed by atoms with Gasteiger partial charge in [0.1, 0.15) is 18.4 Å². The minimum Gasteiger partial charge on any atom is -0.302 e. The maximum absolute atomic E-state index is 13.3. The fourth-order valence-corrected chi connectivity index (χ4v) is 2.13. The van der Waals surface area contributed by atoms with Crippen LogP contribution in [0.25, 0.3) is 0 Å². The third kappa shape index (κ3) is 2.07. The van der Waals surface area contributed by atoms with Gasteiger partial charge in [-0.15, -0.1) is 0 Å². The first-order valence-electron chi connectivity index (χ1n) is 5.90. The van der Waals surface area contributed by atoms with Crippen molar-refractivity contribution in [2.45, 2.75) is 19.4 Å². The fourth-order valence-electron chi connectivity index (χ4n) is 2.13. The number of anilines is 1. The van der Waals surface area contributed by atoms with Crippen molar-refractivity contribution in [2.75, 3.05) is 18.0 Å². The van der Waals surface area contributed by atoms with Crippen molar-refractivity contribution in [1.82, 2.24) is 5.32 Å². The van der Waals surface area contributed by atoms with Gasteiger partial charge in [0.2, 0.25) is 5.91 Å². The van der Waals surface area contributed by atoms with Gasteiger partial charge in [-0.25, -0.2) is 4.39 Å². The molecule has 0 radical (unpaired) electrons. The highest BCUT2D eigenvalue weighted by atomic mass is 19.1. The number of fused-ring (bicyclic) bond motifs is 1. The van der Waals surface area contributed by atoms with Gasteiger partial charge in [0.15, 0.2) is 0 Å². The molecule has 0 bridgehead atoms. The molecular weight excluding hydrogens is 233 g/mol.